The minimum Gasteiger partial charge on any atom is -0.493 e. The van der Waals surface area contributed by atoms with E-state index in [9.17, 15) is 4.79 Å². The molecule has 4 rings (SSSR count). The molecule has 1 aromatic heterocycles. The van der Waals surface area contributed by atoms with Gasteiger partial charge in [0.1, 0.15) is 13.2 Å². The van der Waals surface area contributed by atoms with Crippen molar-refractivity contribution >= 4 is 17.6 Å². The van der Waals surface area contributed by atoms with Crippen molar-refractivity contribution in [2.75, 3.05) is 32.8 Å². The Kier molecular flexibility index (Phi) is 6.89. The molecule has 0 aliphatic carbocycles. The molecular formula is C24H24N4O5. The van der Waals surface area contributed by atoms with Crippen LogP contribution in [0.15, 0.2) is 65.9 Å². The number of aliphatic imine (C=N–C) groups is 1. The summed E-state index contributed by atoms with van der Waals surface area (Å²) in [7, 11) is 3.06. The summed E-state index contributed by atoms with van der Waals surface area (Å²) in [4.78, 5) is 21.6. The summed E-state index contributed by atoms with van der Waals surface area (Å²) in [6, 6.07) is 14.1. The number of amides is 1. The molecule has 0 fully saturated rings. The van der Waals surface area contributed by atoms with Crippen LogP contribution in [0.4, 0.5) is 5.69 Å². The van der Waals surface area contributed by atoms with Crippen LogP contribution in [0, 0.1) is 0 Å². The lowest BCUT2D eigenvalue weighted by molar-refractivity contribution is 0.0976. The summed E-state index contributed by atoms with van der Waals surface area (Å²) in [6.07, 6.45) is 3.39. The number of benzene rings is 2. The lowest BCUT2D eigenvalue weighted by Crippen LogP contribution is -2.36. The van der Waals surface area contributed by atoms with E-state index in [0.29, 0.717) is 54.0 Å². The van der Waals surface area contributed by atoms with E-state index in [4.69, 9.17) is 18.9 Å². The monoisotopic (exact) mass is 448 g/mol. The fourth-order valence-electron chi connectivity index (χ4n) is 3.18. The van der Waals surface area contributed by atoms with Gasteiger partial charge in [0.05, 0.1) is 20.8 Å². The zero-order chi connectivity index (χ0) is 23.0. The fraction of sp³-hybridized carbons (Fsp3) is 0.208. The van der Waals surface area contributed by atoms with E-state index in [0.717, 1.165) is 5.56 Å². The molecule has 1 aliphatic heterocycles. The van der Waals surface area contributed by atoms with Gasteiger partial charge < -0.3 is 24.3 Å². The topological polar surface area (TPSA) is 103 Å². The molecule has 2 heterocycles. The number of pyridine rings is 1. The first-order chi connectivity index (χ1) is 16.2. The third kappa shape index (κ3) is 5.51. The van der Waals surface area contributed by atoms with Crippen molar-refractivity contribution in [3.63, 3.8) is 0 Å². The lowest BCUT2D eigenvalue weighted by Gasteiger charge is -2.19. The first kappa shape index (κ1) is 21.9. The molecule has 0 spiro atoms. The quantitative estimate of drug-likeness (QED) is 0.441. The van der Waals surface area contributed by atoms with E-state index in [2.05, 4.69) is 20.6 Å². The molecule has 33 heavy (non-hydrogen) atoms. The highest BCUT2D eigenvalue weighted by molar-refractivity contribution is 6.10. The highest BCUT2D eigenvalue weighted by Gasteiger charge is 2.15. The van der Waals surface area contributed by atoms with Crippen LogP contribution in [0.3, 0.4) is 0 Å². The van der Waals surface area contributed by atoms with E-state index in [1.807, 2.05) is 24.3 Å². The smallest absolute Gasteiger partial charge is 0.258 e. The minimum atomic E-state index is -0.352. The van der Waals surface area contributed by atoms with Gasteiger partial charge in [-0.15, -0.1) is 0 Å². The number of rotatable bonds is 6. The Hall–Kier alpha value is -4.27. The van der Waals surface area contributed by atoms with Gasteiger partial charge in [-0.05, 0) is 48.0 Å². The van der Waals surface area contributed by atoms with Gasteiger partial charge in [-0.2, -0.15) is 0 Å². The number of hydrogen-bond donors (Lipinski definition) is 2. The van der Waals surface area contributed by atoms with Crippen molar-refractivity contribution in [2.45, 2.75) is 6.54 Å². The summed E-state index contributed by atoms with van der Waals surface area (Å²) < 4.78 is 21.8. The molecule has 0 saturated carbocycles. The number of carbonyl (C=O) groups is 1. The van der Waals surface area contributed by atoms with E-state index in [-0.39, 0.29) is 11.9 Å². The highest BCUT2D eigenvalue weighted by atomic mass is 16.6. The van der Waals surface area contributed by atoms with E-state index < -0.39 is 0 Å². The maximum atomic E-state index is 13.0. The van der Waals surface area contributed by atoms with Gasteiger partial charge >= 0.3 is 0 Å². The number of fused-ring (bicyclic) bond motifs is 1. The van der Waals surface area contributed by atoms with Crippen LogP contribution >= 0.6 is 0 Å². The number of carbonyl (C=O) groups excluding carboxylic acids is 1. The zero-order valence-electron chi connectivity index (χ0n) is 18.3. The second kappa shape index (κ2) is 10.4. The zero-order valence-corrected chi connectivity index (χ0v) is 18.3. The molecule has 1 aliphatic rings. The van der Waals surface area contributed by atoms with Gasteiger partial charge in [0.25, 0.3) is 5.91 Å². The second-order valence-corrected chi connectivity index (χ2v) is 7.03. The Balaban J connectivity index is 1.56. The van der Waals surface area contributed by atoms with Crippen molar-refractivity contribution < 1.29 is 23.7 Å². The number of aromatic nitrogens is 1. The van der Waals surface area contributed by atoms with Gasteiger partial charge in [-0.25, -0.2) is 4.99 Å². The fourth-order valence-corrected chi connectivity index (χ4v) is 3.18. The van der Waals surface area contributed by atoms with Crippen LogP contribution < -0.4 is 29.6 Å². The third-order valence-electron chi connectivity index (χ3n) is 4.85. The second-order valence-electron chi connectivity index (χ2n) is 7.03. The molecule has 0 atom stereocenters. The van der Waals surface area contributed by atoms with E-state index in [1.54, 1.807) is 43.8 Å². The number of anilines is 1. The Bertz CT molecular complexity index is 1150. The summed E-state index contributed by atoms with van der Waals surface area (Å²) in [5.74, 6) is 2.23. The number of guanidine groups is 1. The third-order valence-corrected chi connectivity index (χ3v) is 4.85. The summed E-state index contributed by atoms with van der Waals surface area (Å²) in [5.41, 5.74) is 2.04. The molecule has 2 aromatic carbocycles. The Morgan fingerprint density at radius 2 is 1.73 bits per heavy atom. The molecule has 0 bridgehead atoms. The van der Waals surface area contributed by atoms with Crippen molar-refractivity contribution in [1.29, 1.82) is 0 Å². The maximum absolute atomic E-state index is 13.0. The minimum absolute atomic E-state index is 0.281. The predicted octanol–water partition coefficient (Wildman–Crippen LogP) is 3.27. The molecule has 1 amide bonds. The maximum Gasteiger partial charge on any atom is 0.258 e. The first-order valence-corrected chi connectivity index (χ1v) is 10.3. The Morgan fingerprint density at radius 1 is 0.970 bits per heavy atom. The Labute approximate surface area is 191 Å². The number of nitrogens with zero attached hydrogens (tertiary/aromatic N) is 2. The van der Waals surface area contributed by atoms with Crippen molar-refractivity contribution in [1.82, 2.24) is 10.3 Å². The SMILES string of the molecule is COc1ccc(C(=O)NC(=NCc2ccncc2)Nc2ccc3c(c2)OCCO3)cc1OC. The number of methoxy groups -OCH3 is 2. The van der Waals surface area contributed by atoms with Crippen molar-refractivity contribution in [3.8, 4) is 23.0 Å². The molecular weight excluding hydrogens is 424 g/mol. The Morgan fingerprint density at radius 3 is 2.48 bits per heavy atom. The molecule has 0 radical (unpaired) electrons. The average Bonchev–Trinajstić information content (AvgIpc) is 2.87. The van der Waals surface area contributed by atoms with Crippen molar-refractivity contribution in [3.05, 3.63) is 72.1 Å². The van der Waals surface area contributed by atoms with Gasteiger partial charge in [-0.1, -0.05) is 0 Å². The number of nitrogens with one attached hydrogen (secondary N) is 2. The predicted molar refractivity (Wildman–Crippen MR) is 123 cm³/mol. The normalized spacial score (nSPS) is 12.6. The van der Waals surface area contributed by atoms with E-state index >= 15 is 0 Å². The van der Waals surface area contributed by atoms with Gasteiger partial charge in [-0.3, -0.25) is 15.1 Å². The van der Waals surface area contributed by atoms with Gasteiger partial charge in [0.15, 0.2) is 23.0 Å². The molecule has 9 heteroatoms. The van der Waals surface area contributed by atoms with E-state index in [1.165, 1.54) is 7.11 Å². The molecule has 170 valence electrons. The molecule has 9 nitrogen and oxygen atoms in total. The molecule has 0 unspecified atom stereocenters. The molecule has 2 N–H and O–H groups in total. The number of ether oxygens (including phenoxy) is 4. The standard InChI is InChI=1S/C24H24N4O5/c1-30-19-5-3-17(13-21(19)31-2)23(29)28-24(26-15-16-7-9-25-10-8-16)27-18-4-6-20-22(14-18)33-12-11-32-20/h3-10,13-14H,11-12,15H2,1-2H3,(H2,26,27,28,29). The van der Waals surface area contributed by atoms with Gasteiger partial charge in [0, 0.05) is 29.7 Å². The van der Waals surface area contributed by atoms with Crippen LogP contribution in [-0.2, 0) is 6.54 Å². The lowest BCUT2D eigenvalue weighted by atomic mass is 10.2. The van der Waals surface area contributed by atoms with Crippen LogP contribution in [0.5, 0.6) is 23.0 Å². The molecule has 0 saturated heterocycles. The van der Waals surface area contributed by atoms with Crippen LogP contribution in [-0.4, -0.2) is 44.3 Å². The number of hydrogen-bond acceptors (Lipinski definition) is 7. The summed E-state index contributed by atoms with van der Waals surface area (Å²) in [5, 5.41) is 6.00. The molecule has 3 aromatic rings. The van der Waals surface area contributed by atoms with Crippen LogP contribution in [0.2, 0.25) is 0 Å². The largest absolute Gasteiger partial charge is 0.493 e. The average molecular weight is 448 g/mol. The van der Waals surface area contributed by atoms with Crippen LogP contribution in [0.1, 0.15) is 15.9 Å². The summed E-state index contributed by atoms with van der Waals surface area (Å²) >= 11 is 0. The van der Waals surface area contributed by atoms with Crippen LogP contribution in [0.25, 0.3) is 0 Å². The van der Waals surface area contributed by atoms with Crippen molar-refractivity contribution in [2.24, 2.45) is 4.99 Å². The van der Waals surface area contributed by atoms with Gasteiger partial charge in [0.2, 0.25) is 5.96 Å². The first-order valence-electron chi connectivity index (χ1n) is 10.3. The highest BCUT2D eigenvalue weighted by Crippen LogP contribution is 2.32. The summed E-state index contributed by atoms with van der Waals surface area (Å²) in [6.45, 7) is 1.34.